The monoisotopic (exact) mass is 542 g/mol. The van der Waals surface area contributed by atoms with Crippen LogP contribution < -0.4 is 10.2 Å². The maximum absolute atomic E-state index is 12.9. The summed E-state index contributed by atoms with van der Waals surface area (Å²) in [6, 6.07) is 8.14. The van der Waals surface area contributed by atoms with Gasteiger partial charge in [0.15, 0.2) is 0 Å². The number of sulfonamides is 1. The average Bonchev–Trinajstić information content (AvgIpc) is 2.88. The first-order valence-electron chi connectivity index (χ1n) is 11.6. The van der Waals surface area contributed by atoms with Crippen LogP contribution in [0, 0.1) is 16.0 Å². The van der Waals surface area contributed by atoms with E-state index in [9.17, 15) is 36.5 Å². The van der Waals surface area contributed by atoms with Gasteiger partial charge >= 0.3 is 6.18 Å². The number of nitro benzene ring substituents is 1. The molecule has 2 fully saturated rings. The van der Waals surface area contributed by atoms with Crippen molar-refractivity contribution in [1.82, 2.24) is 4.31 Å². The lowest BCUT2D eigenvalue weighted by Gasteiger charge is -2.33. The second-order valence-corrected chi connectivity index (χ2v) is 10.7. The fourth-order valence-electron chi connectivity index (χ4n) is 4.41. The fourth-order valence-corrected chi connectivity index (χ4v) is 5.84. The highest BCUT2D eigenvalue weighted by Crippen LogP contribution is 2.35. The fraction of sp³-hybridized carbons (Fsp3) is 0.435. The lowest BCUT2D eigenvalue weighted by Crippen LogP contribution is -2.40. The second-order valence-electron chi connectivity index (χ2n) is 8.75. The number of nitro groups is 1. The Bertz CT molecular complexity index is 1270. The number of nitrogens with one attached hydrogen (secondary N) is 1. The number of halogens is 3. The van der Waals surface area contributed by atoms with Gasteiger partial charge in [-0.25, -0.2) is 8.42 Å². The molecule has 37 heavy (non-hydrogen) atoms. The number of anilines is 2. The number of benzene rings is 2. The zero-order chi connectivity index (χ0) is 26.8. The third-order valence-corrected chi connectivity index (χ3v) is 8.31. The number of amides is 1. The molecular formula is C23H25F3N4O6S. The molecule has 4 rings (SSSR count). The number of morpholine rings is 1. The van der Waals surface area contributed by atoms with Gasteiger partial charge in [-0.05, 0) is 43.2 Å². The molecule has 14 heteroatoms. The Morgan fingerprint density at radius 2 is 1.73 bits per heavy atom. The number of carbonyl (C=O) groups excluding carboxylic acids is 1. The van der Waals surface area contributed by atoms with Gasteiger partial charge in [-0.2, -0.15) is 17.5 Å². The number of piperidine rings is 1. The smallest absolute Gasteiger partial charge is 0.379 e. The third-order valence-electron chi connectivity index (χ3n) is 6.42. The van der Waals surface area contributed by atoms with Crippen molar-refractivity contribution in [3.05, 3.63) is 58.1 Å². The Labute approximate surface area is 211 Å². The van der Waals surface area contributed by atoms with Crippen LogP contribution in [0.15, 0.2) is 47.4 Å². The van der Waals surface area contributed by atoms with Gasteiger partial charge in [-0.3, -0.25) is 14.9 Å². The minimum absolute atomic E-state index is 0.0370. The van der Waals surface area contributed by atoms with Gasteiger partial charge in [-0.1, -0.05) is 6.07 Å². The summed E-state index contributed by atoms with van der Waals surface area (Å²) in [5.74, 6) is -0.925. The average molecular weight is 543 g/mol. The number of hydrogen-bond acceptors (Lipinski definition) is 7. The molecule has 0 spiro atoms. The number of hydrogen-bond donors (Lipinski definition) is 1. The Balaban J connectivity index is 1.44. The van der Waals surface area contributed by atoms with Crippen molar-refractivity contribution in [2.24, 2.45) is 5.92 Å². The van der Waals surface area contributed by atoms with Crippen molar-refractivity contribution in [3.8, 4) is 0 Å². The predicted molar refractivity (Wildman–Crippen MR) is 128 cm³/mol. The largest absolute Gasteiger partial charge is 0.416 e. The third kappa shape index (κ3) is 6.02. The Morgan fingerprint density at radius 1 is 1.05 bits per heavy atom. The van der Waals surface area contributed by atoms with Gasteiger partial charge in [0, 0.05) is 43.9 Å². The molecule has 1 amide bonds. The van der Waals surface area contributed by atoms with Crippen LogP contribution in [0.1, 0.15) is 18.4 Å². The molecule has 2 aliphatic rings. The van der Waals surface area contributed by atoms with Crippen LogP contribution in [-0.4, -0.2) is 62.9 Å². The van der Waals surface area contributed by atoms with Crippen LogP contribution in [0.25, 0.3) is 0 Å². The standard InChI is InChI=1S/C23H25F3N4O6S/c24-23(25,26)17-2-1-3-18(14-17)27-22(31)16-6-8-28(9-7-16)20-5-4-19(15-21(20)30(32)33)37(34,35)29-10-12-36-13-11-29/h1-5,14-16H,6-13H2,(H,27,31). The maximum atomic E-state index is 12.9. The van der Waals surface area contributed by atoms with E-state index in [2.05, 4.69) is 5.32 Å². The molecule has 2 aliphatic heterocycles. The first kappa shape index (κ1) is 26.8. The van der Waals surface area contributed by atoms with Crippen molar-refractivity contribution in [3.63, 3.8) is 0 Å². The van der Waals surface area contributed by atoms with Crippen LogP contribution >= 0.6 is 0 Å². The highest BCUT2D eigenvalue weighted by atomic mass is 32.2. The number of nitrogens with zero attached hydrogens (tertiary/aromatic N) is 3. The molecule has 0 unspecified atom stereocenters. The molecule has 2 aromatic carbocycles. The first-order valence-corrected chi connectivity index (χ1v) is 13.0. The summed E-state index contributed by atoms with van der Waals surface area (Å²) in [5, 5.41) is 14.3. The summed E-state index contributed by atoms with van der Waals surface area (Å²) in [6.07, 6.45) is -3.90. The van der Waals surface area contributed by atoms with E-state index in [1.54, 1.807) is 4.90 Å². The number of ether oxygens (including phenoxy) is 1. The SMILES string of the molecule is O=C(Nc1cccc(C(F)(F)F)c1)C1CCN(c2ccc(S(=O)(=O)N3CCOCC3)cc2[N+](=O)[O-])CC1. The quantitative estimate of drug-likeness (QED) is 0.438. The van der Waals surface area contributed by atoms with Gasteiger partial charge in [0.2, 0.25) is 15.9 Å². The lowest BCUT2D eigenvalue weighted by molar-refractivity contribution is -0.384. The van der Waals surface area contributed by atoms with E-state index in [0.29, 0.717) is 12.8 Å². The number of rotatable bonds is 6. The summed E-state index contributed by atoms with van der Waals surface area (Å²) >= 11 is 0. The topological polar surface area (TPSA) is 122 Å². The van der Waals surface area contributed by atoms with Crippen molar-refractivity contribution in [2.75, 3.05) is 49.6 Å². The maximum Gasteiger partial charge on any atom is 0.416 e. The summed E-state index contributed by atoms with van der Waals surface area (Å²) in [6.45, 7) is 1.36. The van der Waals surface area contributed by atoms with Crippen LogP contribution in [-0.2, 0) is 25.7 Å². The Morgan fingerprint density at radius 3 is 2.35 bits per heavy atom. The van der Waals surface area contributed by atoms with Gasteiger partial charge in [0.1, 0.15) is 5.69 Å². The van der Waals surface area contributed by atoms with Gasteiger partial charge in [0.05, 0.1) is 28.6 Å². The van der Waals surface area contributed by atoms with Crippen LogP contribution in [0.4, 0.5) is 30.2 Å². The Kier molecular flexibility index (Phi) is 7.71. The summed E-state index contributed by atoms with van der Waals surface area (Å²) in [4.78, 5) is 25.3. The normalized spacial score (nSPS) is 18.0. The number of alkyl halides is 3. The molecule has 200 valence electrons. The molecule has 0 atom stereocenters. The molecule has 0 aromatic heterocycles. The van der Waals surface area contributed by atoms with E-state index in [-0.39, 0.29) is 61.4 Å². The summed E-state index contributed by atoms with van der Waals surface area (Å²) in [5.41, 5.74) is -0.953. The van der Waals surface area contributed by atoms with Crippen molar-refractivity contribution >= 4 is 33.0 Å². The van der Waals surface area contributed by atoms with E-state index < -0.39 is 38.5 Å². The molecule has 0 radical (unpaired) electrons. The second kappa shape index (κ2) is 10.6. The summed E-state index contributed by atoms with van der Waals surface area (Å²) in [7, 11) is -3.92. The van der Waals surface area contributed by atoms with E-state index in [4.69, 9.17) is 4.74 Å². The summed E-state index contributed by atoms with van der Waals surface area (Å²) < 4.78 is 71.0. The van der Waals surface area contributed by atoms with Crippen molar-refractivity contribution < 1.29 is 36.0 Å². The van der Waals surface area contributed by atoms with Crippen LogP contribution in [0.2, 0.25) is 0 Å². The van der Waals surface area contributed by atoms with E-state index in [1.165, 1.54) is 28.6 Å². The lowest BCUT2D eigenvalue weighted by atomic mass is 9.95. The highest BCUT2D eigenvalue weighted by Gasteiger charge is 2.33. The first-order chi connectivity index (χ1) is 17.5. The van der Waals surface area contributed by atoms with E-state index in [0.717, 1.165) is 18.2 Å². The van der Waals surface area contributed by atoms with Gasteiger partial charge in [-0.15, -0.1) is 0 Å². The highest BCUT2D eigenvalue weighted by molar-refractivity contribution is 7.89. The molecule has 2 aromatic rings. The molecule has 2 saturated heterocycles. The van der Waals surface area contributed by atoms with Crippen LogP contribution in [0.3, 0.4) is 0 Å². The van der Waals surface area contributed by atoms with E-state index >= 15 is 0 Å². The van der Waals surface area contributed by atoms with Crippen molar-refractivity contribution in [1.29, 1.82) is 0 Å². The Hall–Kier alpha value is -3.23. The molecular weight excluding hydrogens is 517 g/mol. The van der Waals surface area contributed by atoms with Gasteiger partial charge in [0.25, 0.3) is 5.69 Å². The van der Waals surface area contributed by atoms with Gasteiger partial charge < -0.3 is 15.0 Å². The molecule has 0 saturated carbocycles. The molecule has 0 bridgehead atoms. The zero-order valence-electron chi connectivity index (χ0n) is 19.6. The number of carbonyl (C=O) groups is 1. The zero-order valence-corrected chi connectivity index (χ0v) is 20.4. The van der Waals surface area contributed by atoms with Crippen LogP contribution in [0.5, 0.6) is 0 Å². The van der Waals surface area contributed by atoms with E-state index in [1.807, 2.05) is 0 Å². The minimum Gasteiger partial charge on any atom is -0.379 e. The molecule has 10 nitrogen and oxygen atoms in total. The predicted octanol–water partition coefficient (Wildman–Crippen LogP) is 3.49. The molecule has 0 aliphatic carbocycles. The molecule has 1 N–H and O–H groups in total. The minimum atomic E-state index is -4.53. The molecule has 2 heterocycles. The van der Waals surface area contributed by atoms with Crippen molar-refractivity contribution in [2.45, 2.75) is 23.9 Å².